The minimum absolute atomic E-state index is 0.299. The summed E-state index contributed by atoms with van der Waals surface area (Å²) in [7, 11) is 0. The quantitative estimate of drug-likeness (QED) is 0.709. The molecule has 1 aromatic rings. The first-order valence-corrected chi connectivity index (χ1v) is 5.11. The van der Waals surface area contributed by atoms with Gasteiger partial charge in [-0.2, -0.15) is 0 Å². The number of carbonyl (C=O) groups is 1. The topological polar surface area (TPSA) is 17.1 Å². The number of benzene rings is 1. The van der Waals surface area contributed by atoms with Crippen molar-refractivity contribution in [1.29, 1.82) is 0 Å². The van der Waals surface area contributed by atoms with E-state index in [0.717, 1.165) is 25.7 Å². The van der Waals surface area contributed by atoms with Crippen molar-refractivity contribution >= 4 is 5.78 Å². The molecule has 1 aliphatic rings. The highest BCUT2D eigenvalue weighted by Crippen LogP contribution is 2.20. The van der Waals surface area contributed by atoms with Gasteiger partial charge in [0, 0.05) is 6.42 Å². The van der Waals surface area contributed by atoms with Gasteiger partial charge in [-0.3, -0.25) is 4.79 Å². The molecule has 1 heteroatoms. The molecule has 1 aliphatic carbocycles. The molecule has 0 heterocycles. The van der Waals surface area contributed by atoms with Crippen molar-refractivity contribution in [3.8, 4) is 0 Å². The summed E-state index contributed by atoms with van der Waals surface area (Å²) >= 11 is 0. The van der Waals surface area contributed by atoms with Gasteiger partial charge >= 0.3 is 0 Å². The fraction of sp³-hybridized carbons (Fsp3) is 0.308. The van der Waals surface area contributed by atoms with Crippen LogP contribution in [0.25, 0.3) is 0 Å². The lowest BCUT2D eigenvalue weighted by molar-refractivity contribution is -0.114. The molecule has 0 bridgehead atoms. The van der Waals surface area contributed by atoms with Crippen LogP contribution >= 0.6 is 0 Å². The maximum atomic E-state index is 11.0. The molecule has 0 aromatic heterocycles. The van der Waals surface area contributed by atoms with Crippen LogP contribution in [0, 0.1) is 0 Å². The van der Waals surface area contributed by atoms with Crippen LogP contribution in [0.5, 0.6) is 0 Å². The fourth-order valence-electron chi connectivity index (χ4n) is 1.80. The lowest BCUT2D eigenvalue weighted by Crippen LogP contribution is -1.86. The van der Waals surface area contributed by atoms with Crippen LogP contribution in [0.3, 0.4) is 0 Å². The van der Waals surface area contributed by atoms with Gasteiger partial charge in [0.2, 0.25) is 0 Å². The molecule has 0 unspecified atom stereocenters. The predicted octanol–water partition coefficient (Wildman–Crippen LogP) is 2.91. The second-order valence-corrected chi connectivity index (χ2v) is 3.75. The van der Waals surface area contributed by atoms with E-state index in [1.807, 2.05) is 12.1 Å². The van der Waals surface area contributed by atoms with Gasteiger partial charge in [-0.1, -0.05) is 35.9 Å². The summed E-state index contributed by atoms with van der Waals surface area (Å²) < 4.78 is 0. The number of hydrogen-bond acceptors (Lipinski definition) is 1. The van der Waals surface area contributed by atoms with E-state index in [2.05, 4.69) is 24.3 Å². The Morgan fingerprint density at radius 1 is 1.00 bits per heavy atom. The molecule has 2 rings (SSSR count). The molecule has 0 radical (unpaired) electrons. The summed E-state index contributed by atoms with van der Waals surface area (Å²) in [6.45, 7) is 0. The minimum Gasteiger partial charge on any atom is -0.295 e. The zero-order valence-electron chi connectivity index (χ0n) is 8.20. The summed E-state index contributed by atoms with van der Waals surface area (Å²) in [5, 5.41) is 0. The number of ketones is 1. The van der Waals surface area contributed by atoms with Crippen LogP contribution in [0.1, 0.15) is 24.8 Å². The van der Waals surface area contributed by atoms with E-state index in [-0.39, 0.29) is 0 Å². The van der Waals surface area contributed by atoms with Gasteiger partial charge in [0.05, 0.1) is 0 Å². The predicted molar refractivity (Wildman–Crippen MR) is 57.1 cm³/mol. The van der Waals surface area contributed by atoms with Crippen LogP contribution in [-0.2, 0) is 11.2 Å². The Morgan fingerprint density at radius 3 is 2.43 bits per heavy atom. The molecule has 1 nitrogen and oxygen atoms in total. The minimum atomic E-state index is 0.299. The summed E-state index contributed by atoms with van der Waals surface area (Å²) in [5.74, 6) is 0.299. The standard InChI is InChI=1S/C13H14O/c14-13-9-8-12(10-13)7-6-11-4-2-1-3-5-11/h1-5,10H,6-9H2. The molecule has 72 valence electrons. The Labute approximate surface area is 84.5 Å². The first kappa shape index (κ1) is 9.20. The van der Waals surface area contributed by atoms with Crippen molar-refractivity contribution in [2.75, 3.05) is 0 Å². The number of carbonyl (C=O) groups excluding carboxylic acids is 1. The van der Waals surface area contributed by atoms with Crippen molar-refractivity contribution in [3.63, 3.8) is 0 Å². The molecule has 0 atom stereocenters. The zero-order valence-corrected chi connectivity index (χ0v) is 8.20. The third-order valence-corrected chi connectivity index (χ3v) is 2.64. The van der Waals surface area contributed by atoms with Gasteiger partial charge in [-0.15, -0.1) is 0 Å². The second kappa shape index (κ2) is 4.23. The van der Waals surface area contributed by atoms with Crippen molar-refractivity contribution < 1.29 is 4.79 Å². The third-order valence-electron chi connectivity index (χ3n) is 2.64. The third kappa shape index (κ3) is 2.32. The van der Waals surface area contributed by atoms with E-state index in [9.17, 15) is 4.79 Å². The van der Waals surface area contributed by atoms with E-state index in [1.165, 1.54) is 11.1 Å². The van der Waals surface area contributed by atoms with Crippen LogP contribution in [0.2, 0.25) is 0 Å². The molecule has 0 fully saturated rings. The Morgan fingerprint density at radius 2 is 1.79 bits per heavy atom. The maximum Gasteiger partial charge on any atom is 0.155 e. The van der Waals surface area contributed by atoms with Crippen LogP contribution in [0.4, 0.5) is 0 Å². The van der Waals surface area contributed by atoms with Crippen molar-refractivity contribution in [2.24, 2.45) is 0 Å². The summed E-state index contributed by atoms with van der Waals surface area (Å²) in [6, 6.07) is 10.4. The number of allylic oxidation sites excluding steroid dienone is 2. The average Bonchev–Trinajstić information content (AvgIpc) is 2.63. The van der Waals surface area contributed by atoms with E-state index in [0.29, 0.717) is 5.78 Å². The molecule has 0 amide bonds. The lowest BCUT2D eigenvalue weighted by atomic mass is 10.0. The first-order valence-electron chi connectivity index (χ1n) is 5.11. The highest BCUT2D eigenvalue weighted by atomic mass is 16.1. The van der Waals surface area contributed by atoms with Gasteiger partial charge < -0.3 is 0 Å². The largest absolute Gasteiger partial charge is 0.295 e. The van der Waals surface area contributed by atoms with E-state index in [4.69, 9.17) is 0 Å². The maximum absolute atomic E-state index is 11.0. The van der Waals surface area contributed by atoms with Gasteiger partial charge in [0.25, 0.3) is 0 Å². The Kier molecular flexibility index (Phi) is 2.78. The van der Waals surface area contributed by atoms with E-state index in [1.54, 1.807) is 0 Å². The molecular formula is C13H14O. The zero-order chi connectivity index (χ0) is 9.80. The summed E-state index contributed by atoms with van der Waals surface area (Å²) in [4.78, 5) is 11.0. The molecule has 0 N–H and O–H groups in total. The number of rotatable bonds is 3. The second-order valence-electron chi connectivity index (χ2n) is 3.75. The van der Waals surface area contributed by atoms with Crippen LogP contribution in [0.15, 0.2) is 42.0 Å². The Bertz CT molecular complexity index is 349. The SMILES string of the molecule is O=C1C=C(CCc2ccccc2)CC1. The summed E-state index contributed by atoms with van der Waals surface area (Å²) in [5.41, 5.74) is 2.67. The molecule has 14 heavy (non-hydrogen) atoms. The van der Waals surface area contributed by atoms with E-state index < -0.39 is 0 Å². The molecule has 0 saturated carbocycles. The highest BCUT2D eigenvalue weighted by molar-refractivity contribution is 5.92. The van der Waals surface area contributed by atoms with Gasteiger partial charge in [-0.25, -0.2) is 0 Å². The monoisotopic (exact) mass is 186 g/mol. The molecule has 0 spiro atoms. The van der Waals surface area contributed by atoms with Crippen molar-refractivity contribution in [1.82, 2.24) is 0 Å². The van der Waals surface area contributed by atoms with E-state index >= 15 is 0 Å². The molecule has 1 aromatic carbocycles. The van der Waals surface area contributed by atoms with Gasteiger partial charge in [0.1, 0.15) is 0 Å². The normalized spacial score (nSPS) is 15.7. The van der Waals surface area contributed by atoms with Crippen LogP contribution in [-0.4, -0.2) is 5.78 Å². The van der Waals surface area contributed by atoms with Gasteiger partial charge in [0.15, 0.2) is 5.78 Å². The fourth-order valence-corrected chi connectivity index (χ4v) is 1.80. The number of aryl methyl sites for hydroxylation is 1. The average molecular weight is 186 g/mol. The van der Waals surface area contributed by atoms with Crippen molar-refractivity contribution in [3.05, 3.63) is 47.5 Å². The first-order chi connectivity index (χ1) is 6.84. The molecule has 0 aliphatic heterocycles. The Hall–Kier alpha value is -1.37. The smallest absolute Gasteiger partial charge is 0.155 e. The van der Waals surface area contributed by atoms with Crippen LogP contribution < -0.4 is 0 Å². The number of hydrogen-bond donors (Lipinski definition) is 0. The lowest BCUT2D eigenvalue weighted by Gasteiger charge is -2.01. The Balaban J connectivity index is 1.89. The highest BCUT2D eigenvalue weighted by Gasteiger charge is 2.10. The van der Waals surface area contributed by atoms with Crippen molar-refractivity contribution in [2.45, 2.75) is 25.7 Å². The summed E-state index contributed by atoms with van der Waals surface area (Å²) in [6.07, 6.45) is 5.62. The molecular weight excluding hydrogens is 172 g/mol. The van der Waals surface area contributed by atoms with Gasteiger partial charge in [-0.05, 0) is 30.9 Å². The molecule has 0 saturated heterocycles.